The summed E-state index contributed by atoms with van der Waals surface area (Å²) in [6.45, 7) is 1.19. The lowest BCUT2D eigenvalue weighted by atomic mass is 9.97. The van der Waals surface area contributed by atoms with Crippen LogP contribution in [0.4, 0.5) is 0 Å². The number of nitrogens with one attached hydrogen (secondary N) is 1. The number of amides is 1. The maximum atomic E-state index is 13.1. The highest BCUT2D eigenvalue weighted by atomic mass is 32.2. The van der Waals surface area contributed by atoms with E-state index in [-0.39, 0.29) is 21.6 Å². The van der Waals surface area contributed by atoms with Crippen molar-refractivity contribution in [3.63, 3.8) is 0 Å². The second-order valence-corrected chi connectivity index (χ2v) is 10.7. The van der Waals surface area contributed by atoms with E-state index in [1.807, 2.05) is 30.3 Å². The number of aromatic nitrogens is 1. The van der Waals surface area contributed by atoms with Gasteiger partial charge in [0, 0.05) is 32.6 Å². The van der Waals surface area contributed by atoms with E-state index < -0.39 is 10.0 Å². The molecule has 164 valence electrons. The first-order chi connectivity index (χ1) is 14.9. The van der Waals surface area contributed by atoms with Gasteiger partial charge in [-0.25, -0.2) is 8.42 Å². The summed E-state index contributed by atoms with van der Waals surface area (Å²) in [5.41, 5.74) is 1.89. The Balaban J connectivity index is 1.35. The number of hydrogen-bond donors (Lipinski definition) is 1. The van der Waals surface area contributed by atoms with Crippen LogP contribution in [0.3, 0.4) is 0 Å². The molecule has 1 aliphatic rings. The summed E-state index contributed by atoms with van der Waals surface area (Å²) in [5.74, 6) is -0.187. The number of benzene rings is 2. The van der Waals surface area contributed by atoms with Crippen molar-refractivity contribution in [2.24, 2.45) is 13.0 Å². The minimum Gasteiger partial charge on any atom is -0.356 e. The third-order valence-corrected chi connectivity index (χ3v) is 8.67. The van der Waals surface area contributed by atoms with Gasteiger partial charge in [-0.15, -0.1) is 0 Å². The Morgan fingerprint density at radius 1 is 1.13 bits per heavy atom. The van der Waals surface area contributed by atoms with E-state index in [1.165, 1.54) is 14.4 Å². The summed E-state index contributed by atoms with van der Waals surface area (Å²) in [6.07, 6.45) is 1.77. The van der Waals surface area contributed by atoms with Crippen LogP contribution in [0.15, 0.2) is 58.2 Å². The molecular weight excluding hydrogens is 434 g/mol. The summed E-state index contributed by atoms with van der Waals surface area (Å²) >= 11 is 1.04. The Morgan fingerprint density at radius 3 is 2.55 bits per heavy atom. The summed E-state index contributed by atoms with van der Waals surface area (Å²) < 4.78 is 29.8. The van der Waals surface area contributed by atoms with Crippen molar-refractivity contribution in [3.05, 3.63) is 63.8 Å². The molecule has 0 spiro atoms. The number of hydrogen-bond acceptors (Lipinski definition) is 5. The molecular formula is C22H25N3O4S2. The smallest absolute Gasteiger partial charge is 0.307 e. The lowest BCUT2D eigenvalue weighted by Gasteiger charge is -2.30. The van der Waals surface area contributed by atoms with Crippen LogP contribution in [0.2, 0.25) is 0 Å². The Morgan fingerprint density at radius 2 is 1.84 bits per heavy atom. The van der Waals surface area contributed by atoms with Crippen LogP contribution in [0, 0.1) is 5.92 Å². The summed E-state index contributed by atoms with van der Waals surface area (Å²) in [4.78, 5) is 24.4. The van der Waals surface area contributed by atoms with Crippen molar-refractivity contribution in [1.29, 1.82) is 0 Å². The zero-order valence-electron chi connectivity index (χ0n) is 17.3. The molecule has 4 rings (SSSR count). The molecule has 1 fully saturated rings. The summed E-state index contributed by atoms with van der Waals surface area (Å²) in [7, 11) is -1.99. The fourth-order valence-electron chi connectivity index (χ4n) is 3.90. The lowest BCUT2D eigenvalue weighted by Crippen LogP contribution is -2.43. The molecule has 0 bridgehead atoms. The molecule has 1 aromatic heterocycles. The number of fused-ring (bicyclic) bond motifs is 1. The molecule has 3 aromatic rings. The van der Waals surface area contributed by atoms with Gasteiger partial charge in [0.15, 0.2) is 0 Å². The molecule has 1 N–H and O–H groups in total. The number of carbonyl (C=O) groups excluding carboxylic acids is 1. The van der Waals surface area contributed by atoms with Gasteiger partial charge in [0.2, 0.25) is 15.9 Å². The fraction of sp³-hybridized carbons (Fsp3) is 0.364. The summed E-state index contributed by atoms with van der Waals surface area (Å²) in [6, 6.07) is 14.8. The van der Waals surface area contributed by atoms with Gasteiger partial charge in [0.05, 0.1) is 15.1 Å². The van der Waals surface area contributed by atoms with Crippen molar-refractivity contribution in [2.75, 3.05) is 19.6 Å². The fourth-order valence-corrected chi connectivity index (χ4v) is 6.39. The molecule has 0 saturated carbocycles. The predicted octanol–water partition coefficient (Wildman–Crippen LogP) is 2.36. The van der Waals surface area contributed by atoms with Crippen molar-refractivity contribution in [1.82, 2.24) is 14.2 Å². The molecule has 31 heavy (non-hydrogen) atoms. The van der Waals surface area contributed by atoms with Crippen LogP contribution in [-0.4, -0.2) is 42.8 Å². The van der Waals surface area contributed by atoms with Crippen molar-refractivity contribution in [3.8, 4) is 0 Å². The Hall–Kier alpha value is -2.49. The van der Waals surface area contributed by atoms with E-state index in [9.17, 15) is 18.0 Å². The Kier molecular flexibility index (Phi) is 6.27. The van der Waals surface area contributed by atoms with Gasteiger partial charge in [-0.2, -0.15) is 4.31 Å². The van der Waals surface area contributed by atoms with Gasteiger partial charge >= 0.3 is 4.87 Å². The zero-order valence-corrected chi connectivity index (χ0v) is 18.9. The van der Waals surface area contributed by atoms with E-state index >= 15 is 0 Å². The highest BCUT2D eigenvalue weighted by Gasteiger charge is 2.32. The average molecular weight is 460 g/mol. The molecule has 0 atom stereocenters. The van der Waals surface area contributed by atoms with Crippen molar-refractivity contribution < 1.29 is 13.2 Å². The van der Waals surface area contributed by atoms with E-state index in [4.69, 9.17) is 0 Å². The Labute approximate surface area is 185 Å². The molecule has 0 unspecified atom stereocenters. The average Bonchev–Trinajstić information content (AvgIpc) is 3.07. The number of piperidine rings is 1. The minimum atomic E-state index is -3.66. The normalized spacial score (nSPS) is 15.9. The van der Waals surface area contributed by atoms with Crippen LogP contribution in [-0.2, 0) is 28.3 Å². The highest BCUT2D eigenvalue weighted by Crippen LogP contribution is 2.27. The molecule has 1 aliphatic heterocycles. The first-order valence-corrected chi connectivity index (χ1v) is 12.5. The first-order valence-electron chi connectivity index (χ1n) is 10.3. The van der Waals surface area contributed by atoms with Gasteiger partial charge in [0.1, 0.15) is 0 Å². The van der Waals surface area contributed by atoms with Gasteiger partial charge in [0.25, 0.3) is 0 Å². The van der Waals surface area contributed by atoms with Gasteiger partial charge in [-0.3, -0.25) is 9.59 Å². The maximum Gasteiger partial charge on any atom is 0.307 e. The van der Waals surface area contributed by atoms with Crippen molar-refractivity contribution in [2.45, 2.75) is 24.2 Å². The number of sulfonamides is 1. The van der Waals surface area contributed by atoms with Crippen LogP contribution >= 0.6 is 11.3 Å². The molecule has 0 aliphatic carbocycles. The van der Waals surface area contributed by atoms with E-state index in [0.29, 0.717) is 37.2 Å². The molecule has 1 saturated heterocycles. The zero-order chi connectivity index (χ0) is 22.0. The number of carbonyl (C=O) groups is 1. The second-order valence-electron chi connectivity index (χ2n) is 7.76. The molecule has 2 heterocycles. The first kappa shape index (κ1) is 21.7. The summed E-state index contributed by atoms with van der Waals surface area (Å²) in [5, 5.41) is 2.98. The number of nitrogens with zero attached hydrogens (tertiary/aromatic N) is 2. The van der Waals surface area contributed by atoms with E-state index in [2.05, 4.69) is 5.32 Å². The number of rotatable bonds is 6. The minimum absolute atomic E-state index is 0.0107. The standard InChI is InChI=1S/C22H25N3O4S2/c1-24-19-8-7-18(15-20(19)30-22(24)27)31(28,29)25-13-10-17(11-14-25)21(26)23-12-9-16-5-3-2-4-6-16/h2-8,15,17H,9-14H2,1H3,(H,23,26). The van der Waals surface area contributed by atoms with Gasteiger partial charge in [-0.05, 0) is 43.0 Å². The number of aryl methyl sites for hydroxylation is 1. The highest BCUT2D eigenvalue weighted by molar-refractivity contribution is 7.89. The van der Waals surface area contributed by atoms with Gasteiger partial charge in [-0.1, -0.05) is 41.7 Å². The van der Waals surface area contributed by atoms with Gasteiger partial charge < -0.3 is 9.88 Å². The van der Waals surface area contributed by atoms with E-state index in [1.54, 1.807) is 25.2 Å². The van der Waals surface area contributed by atoms with Crippen LogP contribution in [0.5, 0.6) is 0 Å². The third-order valence-electron chi connectivity index (χ3n) is 5.78. The van der Waals surface area contributed by atoms with Crippen LogP contribution < -0.4 is 10.2 Å². The predicted molar refractivity (Wildman–Crippen MR) is 122 cm³/mol. The topological polar surface area (TPSA) is 88.5 Å². The van der Waals surface area contributed by atoms with Crippen LogP contribution in [0.1, 0.15) is 18.4 Å². The Bertz CT molecular complexity index is 1240. The second kappa shape index (κ2) is 8.94. The van der Waals surface area contributed by atoms with Crippen molar-refractivity contribution >= 4 is 37.5 Å². The number of thiazole rings is 1. The molecule has 2 aromatic carbocycles. The molecule has 1 amide bonds. The maximum absolute atomic E-state index is 13.1. The monoisotopic (exact) mass is 459 g/mol. The molecule has 9 heteroatoms. The third kappa shape index (κ3) is 4.58. The molecule has 0 radical (unpaired) electrons. The molecule has 7 nitrogen and oxygen atoms in total. The van der Waals surface area contributed by atoms with Crippen LogP contribution in [0.25, 0.3) is 10.2 Å². The largest absolute Gasteiger partial charge is 0.356 e. The lowest BCUT2D eigenvalue weighted by molar-refractivity contribution is -0.126. The SMILES string of the molecule is Cn1c(=O)sc2cc(S(=O)(=O)N3CCC(C(=O)NCCc4ccccc4)CC3)ccc21. The quantitative estimate of drug-likeness (QED) is 0.613. The van der Waals surface area contributed by atoms with E-state index in [0.717, 1.165) is 23.3 Å².